The molecule has 1 heterocycles. The maximum Gasteiger partial charge on any atom is 0.323 e. The summed E-state index contributed by atoms with van der Waals surface area (Å²) in [5, 5.41) is 8.97. The molecular weight excluding hydrogens is 210 g/mol. The average Bonchev–Trinajstić information content (AvgIpc) is 2.85. The van der Waals surface area contributed by atoms with Gasteiger partial charge >= 0.3 is 5.97 Å². The summed E-state index contributed by atoms with van der Waals surface area (Å²) in [5.74, 6) is -0.444. The van der Waals surface area contributed by atoms with Gasteiger partial charge in [-0.05, 0) is 19.3 Å². The molecule has 3 unspecified atom stereocenters. The fourth-order valence-electron chi connectivity index (χ4n) is 2.35. The Morgan fingerprint density at radius 1 is 1.56 bits per heavy atom. The maximum absolute atomic E-state index is 10.9. The van der Waals surface area contributed by atoms with Crippen LogP contribution in [0.2, 0.25) is 0 Å². The molecule has 2 rings (SSSR count). The molecule has 1 saturated heterocycles. The average molecular weight is 229 g/mol. The summed E-state index contributed by atoms with van der Waals surface area (Å²) in [7, 11) is 0. The SMILES string of the molecule is NC1(C(=O)O)CCC(OCC2CCOC2)C1. The van der Waals surface area contributed by atoms with Gasteiger partial charge < -0.3 is 20.3 Å². The lowest BCUT2D eigenvalue weighted by Gasteiger charge is -2.19. The summed E-state index contributed by atoms with van der Waals surface area (Å²) in [6.07, 6.45) is 2.72. The van der Waals surface area contributed by atoms with Crippen molar-refractivity contribution >= 4 is 5.97 Å². The van der Waals surface area contributed by atoms with Gasteiger partial charge in [-0.25, -0.2) is 0 Å². The van der Waals surface area contributed by atoms with E-state index in [-0.39, 0.29) is 6.10 Å². The quantitative estimate of drug-likeness (QED) is 0.728. The Morgan fingerprint density at radius 2 is 2.38 bits per heavy atom. The molecule has 3 N–H and O–H groups in total. The van der Waals surface area contributed by atoms with Crippen molar-refractivity contribution in [2.75, 3.05) is 19.8 Å². The Hall–Kier alpha value is -0.650. The molecule has 16 heavy (non-hydrogen) atoms. The van der Waals surface area contributed by atoms with E-state index in [0.717, 1.165) is 26.1 Å². The smallest absolute Gasteiger partial charge is 0.323 e. The number of hydrogen-bond donors (Lipinski definition) is 2. The van der Waals surface area contributed by atoms with Crippen LogP contribution in [-0.2, 0) is 14.3 Å². The third-order valence-electron chi connectivity index (χ3n) is 3.52. The normalized spacial score (nSPS) is 39.1. The van der Waals surface area contributed by atoms with E-state index in [4.69, 9.17) is 20.3 Å². The molecule has 0 bridgehead atoms. The topological polar surface area (TPSA) is 81.8 Å². The van der Waals surface area contributed by atoms with Crippen molar-refractivity contribution in [2.45, 2.75) is 37.3 Å². The van der Waals surface area contributed by atoms with Gasteiger partial charge in [-0.3, -0.25) is 4.79 Å². The Labute approximate surface area is 94.9 Å². The molecule has 0 aromatic carbocycles. The molecule has 0 radical (unpaired) electrons. The van der Waals surface area contributed by atoms with Gasteiger partial charge in [0.2, 0.25) is 0 Å². The molecule has 0 aromatic heterocycles. The summed E-state index contributed by atoms with van der Waals surface area (Å²) < 4.78 is 11.0. The first-order chi connectivity index (χ1) is 7.60. The summed E-state index contributed by atoms with van der Waals surface area (Å²) in [6, 6.07) is 0. The van der Waals surface area contributed by atoms with E-state index in [9.17, 15) is 4.79 Å². The standard InChI is InChI=1S/C11H19NO4/c12-11(10(13)14)3-1-9(5-11)16-7-8-2-4-15-6-8/h8-9H,1-7,12H2,(H,13,14). The Kier molecular flexibility index (Phi) is 3.47. The zero-order valence-corrected chi connectivity index (χ0v) is 9.35. The lowest BCUT2D eigenvalue weighted by Crippen LogP contribution is -2.45. The third-order valence-corrected chi connectivity index (χ3v) is 3.52. The van der Waals surface area contributed by atoms with E-state index in [1.54, 1.807) is 0 Å². The first-order valence-corrected chi connectivity index (χ1v) is 5.82. The second-order valence-corrected chi connectivity index (χ2v) is 4.89. The van der Waals surface area contributed by atoms with Gasteiger partial charge in [0, 0.05) is 18.9 Å². The number of ether oxygens (including phenoxy) is 2. The minimum absolute atomic E-state index is 0.00157. The van der Waals surface area contributed by atoms with Crippen molar-refractivity contribution < 1.29 is 19.4 Å². The Balaban J connectivity index is 1.74. The summed E-state index contributed by atoms with van der Waals surface area (Å²) in [5.41, 5.74) is 4.70. The van der Waals surface area contributed by atoms with Gasteiger partial charge in [-0.15, -0.1) is 0 Å². The number of carbonyl (C=O) groups is 1. The van der Waals surface area contributed by atoms with Crippen molar-refractivity contribution in [1.82, 2.24) is 0 Å². The van der Waals surface area contributed by atoms with Crippen molar-refractivity contribution in [1.29, 1.82) is 0 Å². The molecule has 1 aliphatic heterocycles. The fraction of sp³-hybridized carbons (Fsp3) is 0.909. The van der Waals surface area contributed by atoms with E-state index in [0.29, 0.717) is 25.4 Å². The van der Waals surface area contributed by atoms with Crippen molar-refractivity contribution in [3.05, 3.63) is 0 Å². The lowest BCUT2D eigenvalue weighted by atomic mass is 10.00. The zero-order valence-electron chi connectivity index (χ0n) is 9.35. The highest BCUT2D eigenvalue weighted by molar-refractivity contribution is 5.78. The molecule has 5 nitrogen and oxygen atoms in total. The first kappa shape index (κ1) is 11.8. The number of rotatable bonds is 4. The molecule has 3 atom stereocenters. The Morgan fingerprint density at radius 3 is 2.94 bits per heavy atom. The maximum atomic E-state index is 10.9. The van der Waals surface area contributed by atoms with E-state index >= 15 is 0 Å². The monoisotopic (exact) mass is 229 g/mol. The van der Waals surface area contributed by atoms with Crippen LogP contribution in [0.4, 0.5) is 0 Å². The molecule has 2 fully saturated rings. The van der Waals surface area contributed by atoms with Gasteiger partial charge in [-0.1, -0.05) is 0 Å². The number of carboxylic acids is 1. The highest BCUT2D eigenvalue weighted by atomic mass is 16.5. The minimum atomic E-state index is -1.07. The van der Waals surface area contributed by atoms with Crippen LogP contribution >= 0.6 is 0 Å². The van der Waals surface area contributed by atoms with Crippen molar-refractivity contribution in [3.63, 3.8) is 0 Å². The van der Waals surface area contributed by atoms with Gasteiger partial charge in [0.25, 0.3) is 0 Å². The van der Waals surface area contributed by atoms with E-state index in [2.05, 4.69) is 0 Å². The molecular formula is C11H19NO4. The predicted octanol–water partition coefficient (Wildman–Crippen LogP) is 0.374. The second-order valence-electron chi connectivity index (χ2n) is 4.89. The van der Waals surface area contributed by atoms with Crippen LogP contribution in [-0.4, -0.2) is 42.5 Å². The largest absolute Gasteiger partial charge is 0.480 e. The van der Waals surface area contributed by atoms with Gasteiger partial charge in [0.05, 0.1) is 19.3 Å². The summed E-state index contributed by atoms with van der Waals surface area (Å²) >= 11 is 0. The highest BCUT2D eigenvalue weighted by Crippen LogP contribution is 2.30. The molecule has 1 aliphatic carbocycles. The van der Waals surface area contributed by atoms with Crippen LogP contribution in [0.5, 0.6) is 0 Å². The van der Waals surface area contributed by atoms with Gasteiger partial charge in [-0.2, -0.15) is 0 Å². The van der Waals surface area contributed by atoms with Crippen molar-refractivity contribution in [3.8, 4) is 0 Å². The van der Waals surface area contributed by atoms with Crippen LogP contribution in [0.1, 0.15) is 25.7 Å². The summed E-state index contributed by atoms with van der Waals surface area (Å²) in [6.45, 7) is 2.24. The molecule has 2 aliphatic rings. The molecule has 92 valence electrons. The van der Waals surface area contributed by atoms with E-state index in [1.165, 1.54) is 0 Å². The summed E-state index contributed by atoms with van der Waals surface area (Å²) in [4.78, 5) is 10.9. The minimum Gasteiger partial charge on any atom is -0.480 e. The second kappa shape index (κ2) is 4.69. The van der Waals surface area contributed by atoms with Crippen molar-refractivity contribution in [2.24, 2.45) is 11.7 Å². The molecule has 1 saturated carbocycles. The molecule has 0 spiro atoms. The van der Waals surface area contributed by atoms with E-state index in [1.807, 2.05) is 0 Å². The first-order valence-electron chi connectivity index (χ1n) is 5.82. The molecule has 5 heteroatoms. The molecule has 0 amide bonds. The number of nitrogens with two attached hydrogens (primary N) is 1. The van der Waals surface area contributed by atoms with Gasteiger partial charge in [0.1, 0.15) is 5.54 Å². The van der Waals surface area contributed by atoms with Gasteiger partial charge in [0.15, 0.2) is 0 Å². The Bertz CT molecular complexity index is 265. The fourth-order valence-corrected chi connectivity index (χ4v) is 2.35. The van der Waals surface area contributed by atoms with Crippen LogP contribution in [0.15, 0.2) is 0 Å². The zero-order chi connectivity index (χ0) is 11.6. The van der Waals surface area contributed by atoms with Crippen LogP contribution in [0.25, 0.3) is 0 Å². The lowest BCUT2D eigenvalue weighted by molar-refractivity contribution is -0.143. The number of carboxylic acid groups (broad SMARTS) is 1. The predicted molar refractivity (Wildman–Crippen MR) is 57.1 cm³/mol. The highest BCUT2D eigenvalue weighted by Gasteiger charge is 2.42. The van der Waals surface area contributed by atoms with Crippen LogP contribution in [0, 0.1) is 5.92 Å². The molecule has 0 aromatic rings. The number of aliphatic carboxylic acids is 1. The van der Waals surface area contributed by atoms with Crippen LogP contribution < -0.4 is 5.73 Å². The third kappa shape index (κ3) is 2.53. The van der Waals surface area contributed by atoms with E-state index < -0.39 is 11.5 Å². The van der Waals surface area contributed by atoms with Crippen LogP contribution in [0.3, 0.4) is 0 Å². The number of hydrogen-bond acceptors (Lipinski definition) is 4.